The Balaban J connectivity index is 1.33. The number of nitrogens with two attached hydrogens (primary N) is 2. The van der Waals surface area contributed by atoms with Gasteiger partial charge in [-0.15, -0.1) is 0 Å². The summed E-state index contributed by atoms with van der Waals surface area (Å²) in [6.45, 7) is 10.4. The summed E-state index contributed by atoms with van der Waals surface area (Å²) >= 11 is 0. The molecule has 2 fully saturated rings. The number of nitrogens with one attached hydrogen (secondary N) is 1. The van der Waals surface area contributed by atoms with Crippen molar-refractivity contribution in [3.63, 3.8) is 0 Å². The van der Waals surface area contributed by atoms with Gasteiger partial charge in [-0.25, -0.2) is 9.59 Å². The molecule has 2 aromatic rings. The van der Waals surface area contributed by atoms with E-state index in [1.807, 2.05) is 12.1 Å². The first-order valence-electron chi connectivity index (χ1n) is 14.3. The van der Waals surface area contributed by atoms with E-state index in [1.165, 1.54) is 10.1 Å². The van der Waals surface area contributed by atoms with Crippen LogP contribution >= 0.6 is 0 Å². The summed E-state index contributed by atoms with van der Waals surface area (Å²) in [5, 5.41) is 2.70. The van der Waals surface area contributed by atoms with Gasteiger partial charge in [0.05, 0.1) is 11.2 Å². The predicted molar refractivity (Wildman–Crippen MR) is 156 cm³/mol. The van der Waals surface area contributed by atoms with Crippen LogP contribution < -0.4 is 22.5 Å². The zero-order valence-corrected chi connectivity index (χ0v) is 24.2. The molecule has 11 nitrogen and oxygen atoms in total. The van der Waals surface area contributed by atoms with Crippen molar-refractivity contribution in [2.75, 3.05) is 38.0 Å². The second-order valence-electron chi connectivity index (χ2n) is 11.7. The third kappa shape index (κ3) is 7.07. The lowest BCUT2D eigenvalue weighted by atomic mass is 10.0. The third-order valence-electron chi connectivity index (χ3n) is 8.04. The summed E-state index contributed by atoms with van der Waals surface area (Å²) in [7, 11) is 0. The number of urea groups is 1. The molecule has 40 heavy (non-hydrogen) atoms. The molecule has 11 heteroatoms. The minimum atomic E-state index is -0.947. The van der Waals surface area contributed by atoms with Crippen molar-refractivity contribution >= 4 is 17.8 Å². The summed E-state index contributed by atoms with van der Waals surface area (Å²) < 4.78 is 1.46. The average Bonchev–Trinajstić information content (AvgIpc) is 3.34. The van der Waals surface area contributed by atoms with Crippen LogP contribution in [0.5, 0.6) is 0 Å². The van der Waals surface area contributed by atoms with Gasteiger partial charge in [-0.3, -0.25) is 19.6 Å². The number of anilines is 1. The van der Waals surface area contributed by atoms with Crippen LogP contribution in [0.2, 0.25) is 0 Å². The summed E-state index contributed by atoms with van der Waals surface area (Å²) in [6.07, 6.45) is 5.86. The fourth-order valence-corrected chi connectivity index (χ4v) is 5.85. The van der Waals surface area contributed by atoms with Crippen LogP contribution in [0.25, 0.3) is 5.69 Å². The number of nitrogens with zero attached hydrogens (tertiary/aromatic N) is 5. The van der Waals surface area contributed by atoms with Crippen LogP contribution in [0.1, 0.15) is 52.5 Å². The van der Waals surface area contributed by atoms with Gasteiger partial charge in [-0.1, -0.05) is 19.1 Å². The first kappa shape index (κ1) is 29.7. The lowest BCUT2D eigenvalue weighted by Gasteiger charge is -2.37. The van der Waals surface area contributed by atoms with Crippen molar-refractivity contribution in [3.8, 4) is 5.69 Å². The van der Waals surface area contributed by atoms with Crippen molar-refractivity contribution < 1.29 is 9.59 Å². The molecule has 1 aromatic carbocycles. The molecule has 1 aromatic heterocycles. The molecule has 0 spiro atoms. The Bertz CT molecular complexity index is 1230. The molecule has 5 N–H and O–H groups in total. The quantitative estimate of drug-likeness (QED) is 0.453. The molecule has 3 atom stereocenters. The highest BCUT2D eigenvalue weighted by molar-refractivity contribution is 5.89. The maximum atomic E-state index is 12.8. The number of carbonyl (C=O) groups is 2. The van der Waals surface area contributed by atoms with E-state index in [-0.39, 0.29) is 17.8 Å². The van der Waals surface area contributed by atoms with Gasteiger partial charge in [0.2, 0.25) is 5.91 Å². The molecule has 1 aliphatic carbocycles. The topological polar surface area (TPSA) is 143 Å². The molecule has 2 unspecified atom stereocenters. The predicted octanol–water partition coefficient (Wildman–Crippen LogP) is 1.78. The standard InChI is InChI=1S/C29H44N8O3/c1-5-36(24-11-8-22(30)19-24)20(2)18-21-6-9-23(10-7-21)37-13-12-25(33-28(37)40)32-27(39)35-16-14-34(15-17-35)26(38)29(3,4)31/h6-7,9-10,12-13,20,22,24H,5,8,11,14-19,30-31H2,1-4H3,(H,32,33,39,40)/t20?,22?,24-/m0/s1. The highest BCUT2D eigenvalue weighted by Gasteiger charge is 2.32. The van der Waals surface area contributed by atoms with Gasteiger partial charge in [-0.05, 0) is 76.8 Å². The number of piperazine rings is 1. The second kappa shape index (κ2) is 12.5. The Labute approximate surface area is 236 Å². The van der Waals surface area contributed by atoms with Crippen molar-refractivity contribution in [3.05, 3.63) is 52.6 Å². The minimum Gasteiger partial charge on any atom is -0.338 e. The fraction of sp³-hybridized carbons (Fsp3) is 0.586. The van der Waals surface area contributed by atoms with E-state index >= 15 is 0 Å². The van der Waals surface area contributed by atoms with Crippen LogP contribution in [0.15, 0.2) is 41.3 Å². The van der Waals surface area contributed by atoms with E-state index < -0.39 is 11.2 Å². The maximum absolute atomic E-state index is 12.8. The number of benzene rings is 1. The molecule has 1 aliphatic heterocycles. The molecular weight excluding hydrogens is 508 g/mol. The normalized spacial score (nSPS) is 20.6. The molecular formula is C29H44N8O3. The Morgan fingerprint density at radius 1 is 1.10 bits per heavy atom. The summed E-state index contributed by atoms with van der Waals surface area (Å²) in [4.78, 5) is 47.8. The third-order valence-corrected chi connectivity index (χ3v) is 8.04. The molecule has 4 rings (SSSR count). The SMILES string of the molecule is CCN(C(C)Cc1ccc(-n2ccc(NC(=O)N3CCN(C(=O)C(C)(C)N)CC3)nc2=O)cc1)[C@H]1CCC(N)C1. The van der Waals surface area contributed by atoms with E-state index in [1.54, 1.807) is 35.9 Å². The Hall–Kier alpha value is -3.28. The van der Waals surface area contributed by atoms with Gasteiger partial charge in [0.15, 0.2) is 0 Å². The van der Waals surface area contributed by atoms with Gasteiger partial charge in [0, 0.05) is 50.5 Å². The van der Waals surface area contributed by atoms with Crippen LogP contribution in [0, 0.1) is 0 Å². The maximum Gasteiger partial charge on any atom is 0.354 e. The molecule has 1 saturated heterocycles. The van der Waals surface area contributed by atoms with Gasteiger partial charge in [0.25, 0.3) is 0 Å². The van der Waals surface area contributed by atoms with Gasteiger partial charge >= 0.3 is 11.7 Å². The molecule has 2 aliphatic rings. The van der Waals surface area contributed by atoms with Crippen LogP contribution in [-0.2, 0) is 11.2 Å². The number of aromatic nitrogens is 2. The fourth-order valence-electron chi connectivity index (χ4n) is 5.85. The van der Waals surface area contributed by atoms with E-state index in [0.29, 0.717) is 50.0 Å². The zero-order chi connectivity index (χ0) is 29.0. The highest BCUT2D eigenvalue weighted by atomic mass is 16.2. The van der Waals surface area contributed by atoms with Crippen molar-refractivity contribution in [1.29, 1.82) is 0 Å². The lowest BCUT2D eigenvalue weighted by Crippen LogP contribution is -2.58. The number of likely N-dealkylation sites (N-methyl/N-ethyl adjacent to an activating group) is 1. The Morgan fingerprint density at radius 2 is 1.75 bits per heavy atom. The smallest absolute Gasteiger partial charge is 0.338 e. The van der Waals surface area contributed by atoms with Crippen molar-refractivity contribution in [2.45, 2.75) is 77.0 Å². The monoisotopic (exact) mass is 552 g/mol. The van der Waals surface area contributed by atoms with E-state index in [4.69, 9.17) is 11.5 Å². The van der Waals surface area contributed by atoms with E-state index in [0.717, 1.165) is 32.2 Å². The van der Waals surface area contributed by atoms with Gasteiger partial charge in [0.1, 0.15) is 5.82 Å². The first-order valence-corrected chi connectivity index (χ1v) is 14.3. The molecule has 0 radical (unpaired) electrons. The Kier molecular flexibility index (Phi) is 9.27. The molecule has 1 saturated carbocycles. The number of amides is 3. The lowest BCUT2D eigenvalue weighted by molar-refractivity contribution is -0.137. The molecule has 3 amide bonds. The van der Waals surface area contributed by atoms with Crippen LogP contribution in [-0.4, -0.2) is 92.6 Å². The number of carbonyl (C=O) groups excluding carboxylic acids is 2. The second-order valence-corrected chi connectivity index (χ2v) is 11.7. The van der Waals surface area contributed by atoms with Crippen LogP contribution in [0.3, 0.4) is 0 Å². The van der Waals surface area contributed by atoms with Crippen molar-refractivity contribution in [1.82, 2.24) is 24.3 Å². The number of rotatable bonds is 8. The molecule has 0 bridgehead atoms. The average molecular weight is 553 g/mol. The van der Waals surface area contributed by atoms with Crippen molar-refractivity contribution in [2.24, 2.45) is 11.5 Å². The minimum absolute atomic E-state index is 0.141. The number of hydrogen-bond donors (Lipinski definition) is 3. The summed E-state index contributed by atoms with van der Waals surface area (Å²) in [5.41, 5.74) is 12.6. The van der Waals surface area contributed by atoms with E-state index in [9.17, 15) is 14.4 Å². The number of hydrogen-bond acceptors (Lipinski definition) is 7. The van der Waals surface area contributed by atoms with Crippen LogP contribution in [0.4, 0.5) is 10.6 Å². The highest BCUT2D eigenvalue weighted by Crippen LogP contribution is 2.25. The Morgan fingerprint density at radius 3 is 2.30 bits per heavy atom. The first-order chi connectivity index (χ1) is 19.0. The molecule has 2 heterocycles. The molecule has 218 valence electrons. The largest absolute Gasteiger partial charge is 0.354 e. The zero-order valence-electron chi connectivity index (χ0n) is 24.2. The van der Waals surface area contributed by atoms with Gasteiger partial charge in [-0.2, -0.15) is 4.98 Å². The summed E-state index contributed by atoms with van der Waals surface area (Å²) in [5.74, 6) is 0.0437. The van der Waals surface area contributed by atoms with E-state index in [2.05, 4.69) is 41.2 Å². The van der Waals surface area contributed by atoms with Gasteiger partial charge < -0.3 is 21.3 Å². The summed E-state index contributed by atoms with van der Waals surface area (Å²) in [6, 6.07) is 10.5.